The van der Waals surface area contributed by atoms with Crippen LogP contribution in [-0.4, -0.2) is 8.42 Å². The molecule has 4 aromatic rings. The van der Waals surface area contributed by atoms with Crippen molar-refractivity contribution in [3.05, 3.63) is 107 Å². The molecule has 0 bridgehead atoms. The summed E-state index contributed by atoms with van der Waals surface area (Å²) < 4.78 is 55.6. The highest BCUT2D eigenvalue weighted by Crippen LogP contribution is 2.37. The highest BCUT2D eigenvalue weighted by atomic mass is 35.5. The van der Waals surface area contributed by atoms with Crippen molar-refractivity contribution < 1.29 is 17.2 Å². The maximum Gasteiger partial charge on any atom is 0.207 e. The Morgan fingerprint density at radius 1 is 0.581 bits per heavy atom. The smallest absolute Gasteiger partial charge is 0.207 e. The molecule has 0 amide bonds. The Morgan fingerprint density at radius 2 is 1.00 bits per heavy atom. The molecule has 0 saturated carbocycles. The van der Waals surface area contributed by atoms with Crippen LogP contribution in [0.25, 0.3) is 22.3 Å². The van der Waals surface area contributed by atoms with E-state index >= 15 is 0 Å². The first kappa shape index (κ1) is 21.5. The predicted molar refractivity (Wildman–Crippen MR) is 119 cm³/mol. The second-order valence-electron chi connectivity index (χ2n) is 6.81. The second kappa shape index (κ2) is 8.42. The van der Waals surface area contributed by atoms with E-state index in [0.29, 0.717) is 21.2 Å². The minimum Gasteiger partial charge on any atom is -0.218 e. The van der Waals surface area contributed by atoms with E-state index in [1.54, 1.807) is 48.5 Å². The summed E-state index contributed by atoms with van der Waals surface area (Å²) in [5, 5.41) is 0.762. The highest BCUT2D eigenvalue weighted by Gasteiger charge is 2.26. The summed E-state index contributed by atoms with van der Waals surface area (Å²) in [6.45, 7) is 0. The molecule has 0 spiro atoms. The van der Waals surface area contributed by atoms with Crippen LogP contribution in [0.3, 0.4) is 0 Å². The maximum atomic E-state index is 14.1. The molecule has 0 aliphatic heterocycles. The molecule has 0 radical (unpaired) electrons. The molecule has 0 N–H and O–H groups in total. The van der Waals surface area contributed by atoms with E-state index in [4.69, 9.17) is 23.2 Å². The zero-order valence-electron chi connectivity index (χ0n) is 15.8. The standard InChI is InChI=1S/C24H14Cl2F2O2S/c25-17-5-1-3-15(11-17)21-13-19(27)7-9-23(21)31(29,30)24-10-8-20(28)14-22(24)16-4-2-6-18(26)12-16/h1-14H. The van der Waals surface area contributed by atoms with Crippen LogP contribution in [0.2, 0.25) is 10.0 Å². The predicted octanol–water partition coefficient (Wildman–Crippen LogP) is 7.44. The molecular formula is C24H14Cl2F2O2S. The van der Waals surface area contributed by atoms with Crippen LogP contribution in [0.4, 0.5) is 8.78 Å². The molecule has 4 aromatic carbocycles. The lowest BCUT2D eigenvalue weighted by molar-refractivity contribution is 0.594. The van der Waals surface area contributed by atoms with Crippen molar-refractivity contribution in [1.82, 2.24) is 0 Å². The van der Waals surface area contributed by atoms with Gasteiger partial charge in [0.2, 0.25) is 9.84 Å². The fourth-order valence-electron chi connectivity index (χ4n) is 3.35. The van der Waals surface area contributed by atoms with Gasteiger partial charge in [0.05, 0.1) is 9.79 Å². The normalized spacial score (nSPS) is 11.5. The van der Waals surface area contributed by atoms with Crippen LogP contribution in [0.1, 0.15) is 0 Å². The van der Waals surface area contributed by atoms with E-state index in [1.165, 1.54) is 12.1 Å². The Kier molecular flexibility index (Phi) is 5.84. The molecule has 7 heteroatoms. The summed E-state index contributed by atoms with van der Waals surface area (Å²) in [7, 11) is -4.18. The number of benzene rings is 4. The SMILES string of the molecule is O=S(=O)(c1ccc(F)cc1-c1cccc(Cl)c1)c1ccc(F)cc1-c1cccc(Cl)c1. The van der Waals surface area contributed by atoms with Gasteiger partial charge >= 0.3 is 0 Å². The lowest BCUT2D eigenvalue weighted by atomic mass is 10.1. The first-order valence-electron chi connectivity index (χ1n) is 9.12. The Morgan fingerprint density at radius 3 is 1.39 bits per heavy atom. The van der Waals surface area contributed by atoms with Gasteiger partial charge in [-0.1, -0.05) is 47.5 Å². The first-order chi connectivity index (χ1) is 14.8. The fourth-order valence-corrected chi connectivity index (χ4v) is 5.40. The molecule has 0 atom stereocenters. The van der Waals surface area contributed by atoms with Gasteiger partial charge in [0, 0.05) is 21.2 Å². The van der Waals surface area contributed by atoms with Gasteiger partial charge in [-0.25, -0.2) is 17.2 Å². The van der Waals surface area contributed by atoms with Crippen molar-refractivity contribution in [2.45, 2.75) is 9.79 Å². The molecule has 2 nitrogen and oxygen atoms in total. The van der Waals surface area contributed by atoms with Crippen molar-refractivity contribution >= 4 is 33.0 Å². The van der Waals surface area contributed by atoms with E-state index < -0.39 is 21.5 Å². The summed E-state index contributed by atoms with van der Waals surface area (Å²) in [6.07, 6.45) is 0. The molecule has 0 aliphatic carbocycles. The van der Waals surface area contributed by atoms with Gasteiger partial charge in [0.15, 0.2) is 0 Å². The molecule has 0 aromatic heterocycles. The van der Waals surface area contributed by atoms with Crippen molar-refractivity contribution in [2.24, 2.45) is 0 Å². The molecule has 0 heterocycles. The fraction of sp³-hybridized carbons (Fsp3) is 0. The molecule has 0 fully saturated rings. The second-order valence-corrected chi connectivity index (χ2v) is 9.56. The number of sulfone groups is 1. The Labute approximate surface area is 188 Å². The van der Waals surface area contributed by atoms with Crippen LogP contribution >= 0.6 is 23.2 Å². The van der Waals surface area contributed by atoms with Gasteiger partial charge in [0.1, 0.15) is 11.6 Å². The van der Waals surface area contributed by atoms with E-state index in [-0.39, 0.29) is 20.9 Å². The number of hydrogen-bond donors (Lipinski definition) is 0. The average molecular weight is 475 g/mol. The third kappa shape index (κ3) is 4.35. The van der Waals surface area contributed by atoms with Gasteiger partial charge in [0.25, 0.3) is 0 Å². The van der Waals surface area contributed by atoms with Crippen molar-refractivity contribution in [3.63, 3.8) is 0 Å². The summed E-state index contributed by atoms with van der Waals surface area (Å²) in [5.41, 5.74) is 1.20. The molecule has 0 aliphatic rings. The minimum absolute atomic E-state index is 0.119. The summed E-state index contributed by atoms with van der Waals surface area (Å²) >= 11 is 12.1. The van der Waals surface area contributed by atoms with Gasteiger partial charge in [-0.3, -0.25) is 0 Å². The van der Waals surface area contributed by atoms with E-state index in [0.717, 1.165) is 24.3 Å². The van der Waals surface area contributed by atoms with Crippen LogP contribution in [0.15, 0.2) is 94.7 Å². The molecule has 0 unspecified atom stereocenters. The zero-order chi connectivity index (χ0) is 22.2. The maximum absolute atomic E-state index is 14.1. The Balaban J connectivity index is 1.98. The summed E-state index contributed by atoms with van der Waals surface area (Å²) in [6, 6.07) is 19.8. The van der Waals surface area contributed by atoms with E-state index in [1.807, 2.05) is 0 Å². The lowest BCUT2D eigenvalue weighted by Crippen LogP contribution is -2.07. The third-order valence-electron chi connectivity index (χ3n) is 4.73. The van der Waals surface area contributed by atoms with Crippen LogP contribution < -0.4 is 0 Å². The number of rotatable bonds is 4. The Bertz CT molecular complexity index is 1300. The first-order valence-corrected chi connectivity index (χ1v) is 11.4. The zero-order valence-corrected chi connectivity index (χ0v) is 18.1. The van der Waals surface area contributed by atoms with E-state index in [2.05, 4.69) is 0 Å². The largest absolute Gasteiger partial charge is 0.218 e. The van der Waals surface area contributed by atoms with Gasteiger partial charge < -0.3 is 0 Å². The van der Waals surface area contributed by atoms with Gasteiger partial charge in [-0.2, -0.15) is 0 Å². The molecule has 4 rings (SSSR count). The summed E-state index contributed by atoms with van der Waals surface area (Å²) in [4.78, 5) is -0.239. The monoisotopic (exact) mass is 474 g/mol. The summed E-state index contributed by atoms with van der Waals surface area (Å²) in [5.74, 6) is -1.19. The van der Waals surface area contributed by atoms with Crippen molar-refractivity contribution in [3.8, 4) is 22.3 Å². The topological polar surface area (TPSA) is 34.1 Å². The van der Waals surface area contributed by atoms with Crippen molar-refractivity contribution in [2.75, 3.05) is 0 Å². The molecular weight excluding hydrogens is 461 g/mol. The van der Waals surface area contributed by atoms with Crippen molar-refractivity contribution in [1.29, 1.82) is 0 Å². The number of halogens is 4. The highest BCUT2D eigenvalue weighted by molar-refractivity contribution is 7.91. The Hall–Kier alpha value is -2.73. The average Bonchev–Trinajstić information content (AvgIpc) is 2.73. The lowest BCUT2D eigenvalue weighted by Gasteiger charge is -2.15. The molecule has 0 saturated heterocycles. The van der Waals surface area contributed by atoms with Gasteiger partial charge in [-0.15, -0.1) is 0 Å². The van der Waals surface area contributed by atoms with Crippen LogP contribution in [0.5, 0.6) is 0 Å². The van der Waals surface area contributed by atoms with Crippen LogP contribution in [-0.2, 0) is 9.84 Å². The van der Waals surface area contributed by atoms with Gasteiger partial charge in [-0.05, 0) is 71.8 Å². The van der Waals surface area contributed by atoms with E-state index in [9.17, 15) is 17.2 Å². The minimum atomic E-state index is -4.18. The quantitative estimate of drug-likeness (QED) is 0.288. The van der Waals surface area contributed by atoms with Crippen LogP contribution in [0, 0.1) is 11.6 Å². The third-order valence-corrected chi connectivity index (χ3v) is 7.07. The molecule has 156 valence electrons. The number of hydrogen-bond acceptors (Lipinski definition) is 2. The molecule has 31 heavy (non-hydrogen) atoms.